The van der Waals surface area contributed by atoms with Crippen molar-refractivity contribution < 1.29 is 19.1 Å². The van der Waals surface area contributed by atoms with Gasteiger partial charge in [-0.2, -0.15) is 0 Å². The van der Waals surface area contributed by atoms with E-state index >= 15 is 0 Å². The molecule has 0 bridgehead atoms. The summed E-state index contributed by atoms with van der Waals surface area (Å²) in [5.41, 5.74) is 8.29. The molecule has 0 unspecified atom stereocenters. The monoisotopic (exact) mass is 378 g/mol. The van der Waals surface area contributed by atoms with Crippen LogP contribution >= 0.6 is 0 Å². The largest absolute Gasteiger partial charge is 0.497 e. The number of hydrogen-bond donors (Lipinski definition) is 1. The number of carbonyl (C=O) groups is 2. The first kappa shape index (κ1) is 18.1. The predicted octanol–water partition coefficient (Wildman–Crippen LogP) is 3.68. The van der Waals surface area contributed by atoms with Crippen molar-refractivity contribution in [3.8, 4) is 5.75 Å². The molecule has 4 rings (SSSR count). The fourth-order valence-electron chi connectivity index (χ4n) is 3.69. The minimum absolute atomic E-state index is 0.388. The Morgan fingerprint density at radius 3 is 2.46 bits per heavy atom. The molecule has 0 spiro atoms. The van der Waals surface area contributed by atoms with Crippen LogP contribution in [0.3, 0.4) is 0 Å². The summed E-state index contributed by atoms with van der Waals surface area (Å²) in [6, 6.07) is 14.9. The molecule has 2 N–H and O–H groups in total. The number of nitrogens with zero attached hydrogens (tertiary/aromatic N) is 1. The molecular weight excluding hydrogens is 356 g/mol. The Kier molecular flexibility index (Phi) is 4.55. The summed E-state index contributed by atoms with van der Waals surface area (Å²) < 4.78 is 13.1. The molecule has 6 nitrogen and oxygen atoms in total. The standard InChI is InChI=1S/C22H22N2O4/c1-13-19(22(26)28-20(21(23)25)14-6-4-3-5-7-14)17-12-16(27-2)10-11-18(17)24(13)15-8-9-15/h3-7,10-12,15,20H,8-9H2,1-2H3,(H2,23,25)/t20-/m1/s1. The van der Waals surface area contributed by atoms with Crippen LogP contribution in [-0.4, -0.2) is 23.6 Å². The Bertz CT molecular complexity index is 1050. The third-order valence-electron chi connectivity index (χ3n) is 5.16. The van der Waals surface area contributed by atoms with Crippen molar-refractivity contribution in [2.45, 2.75) is 31.9 Å². The van der Waals surface area contributed by atoms with Gasteiger partial charge < -0.3 is 19.8 Å². The lowest BCUT2D eigenvalue weighted by molar-refractivity contribution is -0.127. The fourth-order valence-corrected chi connectivity index (χ4v) is 3.69. The van der Waals surface area contributed by atoms with Crippen LogP contribution in [-0.2, 0) is 9.53 Å². The maximum Gasteiger partial charge on any atom is 0.341 e. The van der Waals surface area contributed by atoms with Crippen molar-refractivity contribution in [1.82, 2.24) is 4.57 Å². The highest BCUT2D eigenvalue weighted by Crippen LogP contribution is 2.42. The summed E-state index contributed by atoms with van der Waals surface area (Å²) in [6.45, 7) is 1.91. The third-order valence-corrected chi connectivity index (χ3v) is 5.16. The summed E-state index contributed by atoms with van der Waals surface area (Å²) in [4.78, 5) is 25.1. The zero-order chi connectivity index (χ0) is 19.8. The minimum Gasteiger partial charge on any atom is -0.497 e. The molecule has 2 aromatic carbocycles. The molecule has 1 aliphatic carbocycles. The molecule has 1 saturated carbocycles. The molecule has 1 amide bonds. The van der Waals surface area contributed by atoms with Crippen LogP contribution in [0, 0.1) is 6.92 Å². The molecule has 1 heterocycles. The van der Waals surface area contributed by atoms with Gasteiger partial charge in [0.25, 0.3) is 5.91 Å². The van der Waals surface area contributed by atoms with Gasteiger partial charge >= 0.3 is 5.97 Å². The van der Waals surface area contributed by atoms with Gasteiger partial charge in [0.1, 0.15) is 5.75 Å². The fraction of sp³-hybridized carbons (Fsp3) is 0.273. The number of benzene rings is 2. The number of fused-ring (bicyclic) bond motifs is 1. The molecule has 144 valence electrons. The SMILES string of the molecule is COc1ccc2c(c1)c(C(=O)O[C@@H](C(N)=O)c1ccccc1)c(C)n2C1CC1. The number of aromatic nitrogens is 1. The molecule has 28 heavy (non-hydrogen) atoms. The molecule has 1 fully saturated rings. The predicted molar refractivity (Wildman–Crippen MR) is 105 cm³/mol. The van der Waals surface area contributed by atoms with E-state index in [1.165, 1.54) is 0 Å². The number of ether oxygens (including phenoxy) is 2. The Morgan fingerprint density at radius 2 is 1.86 bits per heavy atom. The van der Waals surface area contributed by atoms with Gasteiger partial charge in [0.2, 0.25) is 6.10 Å². The van der Waals surface area contributed by atoms with E-state index in [1.807, 2.05) is 31.2 Å². The normalized spacial score (nSPS) is 14.6. The van der Waals surface area contributed by atoms with Crippen molar-refractivity contribution >= 4 is 22.8 Å². The highest BCUT2D eigenvalue weighted by Gasteiger charge is 2.32. The Labute approximate surface area is 162 Å². The zero-order valence-corrected chi connectivity index (χ0v) is 15.8. The smallest absolute Gasteiger partial charge is 0.341 e. The van der Waals surface area contributed by atoms with E-state index in [0.29, 0.717) is 22.9 Å². The van der Waals surface area contributed by atoms with Gasteiger partial charge in [-0.25, -0.2) is 4.79 Å². The van der Waals surface area contributed by atoms with Crippen molar-refractivity contribution in [1.29, 1.82) is 0 Å². The van der Waals surface area contributed by atoms with Crippen LogP contribution in [0.1, 0.15) is 46.6 Å². The summed E-state index contributed by atoms with van der Waals surface area (Å²) in [5.74, 6) is -0.618. The lowest BCUT2D eigenvalue weighted by Crippen LogP contribution is -2.26. The highest BCUT2D eigenvalue weighted by atomic mass is 16.5. The number of amides is 1. The minimum atomic E-state index is -1.14. The molecule has 6 heteroatoms. The van der Waals surface area contributed by atoms with E-state index in [2.05, 4.69) is 4.57 Å². The molecule has 3 aromatic rings. The van der Waals surface area contributed by atoms with Gasteiger partial charge in [-0.3, -0.25) is 4.79 Å². The summed E-state index contributed by atoms with van der Waals surface area (Å²) in [7, 11) is 1.59. The van der Waals surface area contributed by atoms with E-state index in [9.17, 15) is 9.59 Å². The number of methoxy groups -OCH3 is 1. The van der Waals surface area contributed by atoms with Gasteiger partial charge in [-0.1, -0.05) is 30.3 Å². The lowest BCUT2D eigenvalue weighted by Gasteiger charge is -2.15. The number of primary amides is 1. The van der Waals surface area contributed by atoms with E-state index in [4.69, 9.17) is 15.2 Å². The average molecular weight is 378 g/mol. The topological polar surface area (TPSA) is 83.6 Å². The van der Waals surface area contributed by atoms with Crippen molar-refractivity contribution in [3.63, 3.8) is 0 Å². The van der Waals surface area contributed by atoms with Crippen LogP contribution in [0.25, 0.3) is 10.9 Å². The van der Waals surface area contributed by atoms with Gasteiger partial charge in [0, 0.05) is 28.2 Å². The Balaban J connectivity index is 1.78. The van der Waals surface area contributed by atoms with Gasteiger partial charge in [-0.05, 0) is 38.0 Å². The highest BCUT2D eigenvalue weighted by molar-refractivity contribution is 6.07. The second-order valence-electron chi connectivity index (χ2n) is 7.04. The van der Waals surface area contributed by atoms with Gasteiger partial charge in [0.15, 0.2) is 0 Å². The Morgan fingerprint density at radius 1 is 1.14 bits per heavy atom. The summed E-state index contributed by atoms with van der Waals surface area (Å²) >= 11 is 0. The second-order valence-corrected chi connectivity index (χ2v) is 7.04. The van der Waals surface area contributed by atoms with E-state index in [-0.39, 0.29) is 0 Å². The van der Waals surface area contributed by atoms with Crippen molar-refractivity contribution in [2.24, 2.45) is 5.73 Å². The molecule has 1 aromatic heterocycles. The molecular formula is C22H22N2O4. The van der Waals surface area contributed by atoms with Crippen LogP contribution in [0.2, 0.25) is 0 Å². The molecule has 1 atom stereocenters. The second kappa shape index (κ2) is 7.03. The average Bonchev–Trinajstić information content (AvgIpc) is 3.48. The number of rotatable bonds is 6. The number of carbonyl (C=O) groups excluding carboxylic acids is 2. The van der Waals surface area contributed by atoms with Crippen LogP contribution in [0.15, 0.2) is 48.5 Å². The van der Waals surface area contributed by atoms with Crippen LogP contribution in [0.4, 0.5) is 0 Å². The molecule has 0 saturated heterocycles. The maximum absolute atomic E-state index is 13.1. The number of nitrogens with two attached hydrogens (primary N) is 1. The molecule has 0 radical (unpaired) electrons. The number of esters is 1. The van der Waals surface area contributed by atoms with E-state index in [0.717, 1.165) is 29.4 Å². The van der Waals surface area contributed by atoms with Crippen LogP contribution < -0.4 is 10.5 Å². The summed E-state index contributed by atoms with van der Waals surface area (Å²) in [6.07, 6.45) is 1.02. The van der Waals surface area contributed by atoms with Crippen molar-refractivity contribution in [3.05, 3.63) is 65.4 Å². The first-order valence-electron chi connectivity index (χ1n) is 9.25. The third kappa shape index (κ3) is 3.11. The van der Waals surface area contributed by atoms with Crippen molar-refractivity contribution in [2.75, 3.05) is 7.11 Å². The van der Waals surface area contributed by atoms with E-state index in [1.54, 1.807) is 31.4 Å². The maximum atomic E-state index is 13.1. The molecule has 0 aliphatic heterocycles. The van der Waals surface area contributed by atoms with Gasteiger partial charge in [0.05, 0.1) is 12.7 Å². The molecule has 1 aliphatic rings. The lowest BCUT2D eigenvalue weighted by atomic mass is 10.1. The van der Waals surface area contributed by atoms with Gasteiger partial charge in [-0.15, -0.1) is 0 Å². The first-order valence-corrected chi connectivity index (χ1v) is 9.25. The first-order chi connectivity index (χ1) is 13.5. The van der Waals surface area contributed by atoms with E-state index < -0.39 is 18.0 Å². The zero-order valence-electron chi connectivity index (χ0n) is 15.8. The Hall–Kier alpha value is -3.28. The number of hydrogen-bond acceptors (Lipinski definition) is 4. The quantitative estimate of drug-likeness (QED) is 0.663. The van der Waals surface area contributed by atoms with Crippen LogP contribution in [0.5, 0.6) is 5.75 Å². The summed E-state index contributed by atoms with van der Waals surface area (Å²) in [5, 5.41) is 0.755.